The Labute approximate surface area is 98.2 Å². The predicted molar refractivity (Wildman–Crippen MR) is 61.5 cm³/mol. The monoisotopic (exact) mass is 232 g/mol. The van der Waals surface area contributed by atoms with Crippen molar-refractivity contribution in [1.82, 2.24) is 0 Å². The lowest BCUT2D eigenvalue weighted by molar-refractivity contribution is -0.148. The van der Waals surface area contributed by atoms with Gasteiger partial charge in [0.05, 0.1) is 19.3 Å². The summed E-state index contributed by atoms with van der Waals surface area (Å²) in [6.07, 6.45) is 3.25. The first-order chi connectivity index (χ1) is 7.86. The van der Waals surface area contributed by atoms with E-state index in [1.807, 2.05) is 13.8 Å². The Morgan fingerprint density at radius 2 is 2.00 bits per heavy atom. The van der Waals surface area contributed by atoms with E-state index in [2.05, 4.69) is 0 Å². The third kappa shape index (κ3) is 5.80. The highest BCUT2D eigenvalue weighted by Crippen LogP contribution is 2.12. The molecule has 0 radical (unpaired) electrons. The summed E-state index contributed by atoms with van der Waals surface area (Å²) in [7, 11) is 0. The van der Waals surface area contributed by atoms with Gasteiger partial charge in [-0.1, -0.05) is 0 Å². The van der Waals surface area contributed by atoms with Gasteiger partial charge in [0.1, 0.15) is 0 Å². The summed E-state index contributed by atoms with van der Waals surface area (Å²) in [6.45, 7) is 7.55. The van der Waals surface area contributed by atoms with Crippen LogP contribution in [0.15, 0.2) is 0 Å². The van der Waals surface area contributed by atoms with Gasteiger partial charge in [-0.3, -0.25) is 0 Å². The fourth-order valence-corrected chi connectivity index (χ4v) is 1.76. The third-order valence-corrected chi connectivity index (χ3v) is 2.53. The van der Waals surface area contributed by atoms with Gasteiger partial charge in [-0.25, -0.2) is 0 Å². The van der Waals surface area contributed by atoms with E-state index in [0.717, 1.165) is 25.9 Å². The van der Waals surface area contributed by atoms with Gasteiger partial charge in [0.25, 0.3) is 0 Å². The van der Waals surface area contributed by atoms with Crippen molar-refractivity contribution in [2.75, 3.05) is 33.0 Å². The van der Waals surface area contributed by atoms with E-state index in [4.69, 9.17) is 18.9 Å². The van der Waals surface area contributed by atoms with Crippen molar-refractivity contribution in [3.63, 3.8) is 0 Å². The first-order valence-corrected chi connectivity index (χ1v) is 6.29. The number of ether oxygens (including phenoxy) is 4. The smallest absolute Gasteiger partial charge is 0.159 e. The second-order valence-electron chi connectivity index (χ2n) is 3.84. The zero-order valence-electron chi connectivity index (χ0n) is 10.4. The Morgan fingerprint density at radius 1 is 1.25 bits per heavy atom. The molecule has 0 bridgehead atoms. The Morgan fingerprint density at radius 3 is 2.56 bits per heavy atom. The maximum atomic E-state index is 5.56. The number of hydrogen-bond acceptors (Lipinski definition) is 4. The second-order valence-corrected chi connectivity index (χ2v) is 3.84. The first-order valence-electron chi connectivity index (χ1n) is 6.29. The summed E-state index contributed by atoms with van der Waals surface area (Å²) < 4.78 is 21.9. The molecule has 1 atom stereocenters. The van der Waals surface area contributed by atoms with Crippen LogP contribution in [0, 0.1) is 0 Å². The quantitative estimate of drug-likeness (QED) is 0.450. The highest BCUT2D eigenvalue weighted by atomic mass is 16.7. The van der Waals surface area contributed by atoms with Gasteiger partial charge in [-0.2, -0.15) is 0 Å². The molecule has 16 heavy (non-hydrogen) atoms. The summed E-state index contributed by atoms with van der Waals surface area (Å²) in [4.78, 5) is 0. The van der Waals surface area contributed by atoms with Crippen molar-refractivity contribution in [3.8, 4) is 0 Å². The van der Waals surface area contributed by atoms with Crippen molar-refractivity contribution in [1.29, 1.82) is 0 Å². The van der Waals surface area contributed by atoms with Gasteiger partial charge in [0, 0.05) is 26.2 Å². The zero-order valence-corrected chi connectivity index (χ0v) is 10.4. The second kappa shape index (κ2) is 8.93. The molecule has 0 aromatic rings. The summed E-state index contributed by atoms with van der Waals surface area (Å²) in [5, 5.41) is 0. The van der Waals surface area contributed by atoms with E-state index in [-0.39, 0.29) is 6.29 Å². The molecule has 1 unspecified atom stereocenters. The van der Waals surface area contributed by atoms with Crippen LogP contribution in [-0.4, -0.2) is 45.4 Å². The van der Waals surface area contributed by atoms with Gasteiger partial charge in [0.15, 0.2) is 6.29 Å². The van der Waals surface area contributed by atoms with E-state index < -0.39 is 0 Å². The van der Waals surface area contributed by atoms with Crippen LogP contribution in [0.5, 0.6) is 0 Å². The van der Waals surface area contributed by atoms with Gasteiger partial charge in [0.2, 0.25) is 0 Å². The molecule has 0 aliphatic carbocycles. The standard InChI is InChI=1S/C12H24O4/c1-3-14-12(15-4-2)7-9-13-10-11-6-5-8-16-11/h11-12H,3-10H2,1-2H3. The summed E-state index contributed by atoms with van der Waals surface area (Å²) in [5.74, 6) is 0. The lowest BCUT2D eigenvalue weighted by Gasteiger charge is -2.17. The third-order valence-electron chi connectivity index (χ3n) is 2.53. The molecule has 0 amide bonds. The van der Waals surface area contributed by atoms with E-state index in [1.165, 1.54) is 0 Å². The van der Waals surface area contributed by atoms with Crippen molar-refractivity contribution in [3.05, 3.63) is 0 Å². The van der Waals surface area contributed by atoms with Gasteiger partial charge in [-0.15, -0.1) is 0 Å². The Kier molecular flexibility index (Phi) is 7.76. The van der Waals surface area contributed by atoms with Crippen molar-refractivity contribution in [2.45, 2.75) is 45.5 Å². The number of rotatable bonds is 9. The zero-order chi connectivity index (χ0) is 11.6. The molecule has 0 N–H and O–H groups in total. The minimum Gasteiger partial charge on any atom is -0.379 e. The molecule has 0 aromatic heterocycles. The van der Waals surface area contributed by atoms with Gasteiger partial charge in [-0.05, 0) is 26.7 Å². The van der Waals surface area contributed by atoms with Crippen LogP contribution in [0.4, 0.5) is 0 Å². The maximum absolute atomic E-state index is 5.56. The van der Waals surface area contributed by atoms with Crippen LogP contribution in [-0.2, 0) is 18.9 Å². The molecule has 1 heterocycles. The molecule has 1 saturated heterocycles. The highest BCUT2D eigenvalue weighted by molar-refractivity contribution is 4.63. The lowest BCUT2D eigenvalue weighted by atomic mass is 10.2. The minimum absolute atomic E-state index is 0.125. The molecule has 1 aliphatic rings. The normalized spacial score (nSPS) is 20.8. The summed E-state index contributed by atoms with van der Waals surface area (Å²) in [5.41, 5.74) is 0. The number of hydrogen-bond donors (Lipinski definition) is 0. The molecular weight excluding hydrogens is 208 g/mol. The van der Waals surface area contributed by atoms with E-state index in [1.54, 1.807) is 0 Å². The largest absolute Gasteiger partial charge is 0.379 e. The van der Waals surface area contributed by atoms with Crippen molar-refractivity contribution in [2.24, 2.45) is 0 Å². The van der Waals surface area contributed by atoms with Crippen LogP contribution in [0.3, 0.4) is 0 Å². The molecule has 1 fully saturated rings. The van der Waals surface area contributed by atoms with E-state index >= 15 is 0 Å². The van der Waals surface area contributed by atoms with Crippen LogP contribution < -0.4 is 0 Å². The molecule has 0 aromatic carbocycles. The molecule has 0 saturated carbocycles. The topological polar surface area (TPSA) is 36.9 Å². The SMILES string of the molecule is CCOC(CCOCC1CCCO1)OCC. The minimum atomic E-state index is -0.125. The Bertz CT molecular complexity index is 151. The van der Waals surface area contributed by atoms with Crippen LogP contribution >= 0.6 is 0 Å². The van der Waals surface area contributed by atoms with E-state index in [0.29, 0.717) is 32.5 Å². The summed E-state index contributed by atoms with van der Waals surface area (Å²) in [6, 6.07) is 0. The van der Waals surface area contributed by atoms with Gasteiger partial charge >= 0.3 is 0 Å². The molecular formula is C12H24O4. The first kappa shape index (κ1) is 13.9. The summed E-state index contributed by atoms with van der Waals surface area (Å²) >= 11 is 0. The average Bonchev–Trinajstić information content (AvgIpc) is 2.78. The fraction of sp³-hybridized carbons (Fsp3) is 1.00. The van der Waals surface area contributed by atoms with Crippen LogP contribution in [0.25, 0.3) is 0 Å². The highest BCUT2D eigenvalue weighted by Gasteiger charge is 2.15. The lowest BCUT2D eigenvalue weighted by Crippen LogP contribution is -2.21. The predicted octanol–water partition coefficient (Wildman–Crippen LogP) is 1.97. The van der Waals surface area contributed by atoms with E-state index in [9.17, 15) is 0 Å². The molecule has 4 nitrogen and oxygen atoms in total. The van der Waals surface area contributed by atoms with Crippen molar-refractivity contribution >= 4 is 0 Å². The average molecular weight is 232 g/mol. The van der Waals surface area contributed by atoms with Crippen molar-refractivity contribution < 1.29 is 18.9 Å². The Balaban J connectivity index is 1.98. The molecule has 4 heteroatoms. The fourth-order valence-electron chi connectivity index (χ4n) is 1.76. The van der Waals surface area contributed by atoms with Crippen LogP contribution in [0.2, 0.25) is 0 Å². The molecule has 0 spiro atoms. The maximum Gasteiger partial charge on any atom is 0.159 e. The van der Waals surface area contributed by atoms with Gasteiger partial charge < -0.3 is 18.9 Å². The molecule has 1 aliphatic heterocycles. The Hall–Kier alpha value is -0.160. The molecule has 96 valence electrons. The molecule has 1 rings (SSSR count). The van der Waals surface area contributed by atoms with Crippen LogP contribution in [0.1, 0.15) is 33.1 Å².